The highest BCUT2D eigenvalue weighted by Gasteiger charge is 2.64. The first-order chi connectivity index (χ1) is 15.2. The molecule has 32 heavy (non-hydrogen) atoms. The minimum atomic E-state index is -1.06. The van der Waals surface area contributed by atoms with Crippen molar-refractivity contribution in [1.29, 1.82) is 0 Å². The molecule has 0 saturated carbocycles. The summed E-state index contributed by atoms with van der Waals surface area (Å²) < 4.78 is -0.681. The highest BCUT2D eigenvalue weighted by atomic mass is 32.2. The normalized spacial score (nSPS) is 27.4. The van der Waals surface area contributed by atoms with Gasteiger partial charge < -0.3 is 31.3 Å². The lowest BCUT2D eigenvalue weighted by Crippen LogP contribution is -2.71. The third-order valence-corrected chi connectivity index (χ3v) is 7.54. The van der Waals surface area contributed by atoms with Crippen molar-refractivity contribution in [3.8, 4) is 0 Å². The van der Waals surface area contributed by atoms with Crippen LogP contribution in [0.3, 0.4) is 0 Å². The lowest BCUT2D eigenvalue weighted by Gasteiger charge is -2.44. The number of nitrogens with zero attached hydrogens (tertiary/aromatic N) is 1. The molecule has 3 aliphatic rings. The summed E-state index contributed by atoms with van der Waals surface area (Å²) >= 11 is 1.36. The van der Waals surface area contributed by atoms with E-state index in [1.807, 2.05) is 6.07 Å². The third kappa shape index (κ3) is 4.19. The Morgan fingerprint density at radius 3 is 2.50 bits per heavy atom. The zero-order valence-corrected chi connectivity index (χ0v) is 18.6. The van der Waals surface area contributed by atoms with Gasteiger partial charge in [0.05, 0.1) is 12.6 Å². The molecule has 11 heteroatoms. The Hall–Kier alpha value is -2.63. The van der Waals surface area contributed by atoms with E-state index in [2.05, 4.69) is 21.3 Å². The van der Waals surface area contributed by atoms with Crippen molar-refractivity contribution in [1.82, 2.24) is 26.2 Å². The van der Waals surface area contributed by atoms with Gasteiger partial charge in [-0.15, -0.1) is 11.8 Å². The Morgan fingerprint density at radius 2 is 1.88 bits per heavy atom. The maximum Gasteiger partial charge on any atom is 0.327 e. The van der Waals surface area contributed by atoms with Crippen molar-refractivity contribution >= 4 is 35.5 Å². The minimum Gasteiger partial charge on any atom is -0.480 e. The van der Waals surface area contributed by atoms with Crippen LogP contribution in [0, 0.1) is 0 Å². The number of fused-ring (bicyclic) bond motifs is 1. The van der Waals surface area contributed by atoms with Crippen molar-refractivity contribution < 1.29 is 24.3 Å². The highest BCUT2D eigenvalue weighted by molar-refractivity contribution is 8.01. The smallest absolute Gasteiger partial charge is 0.327 e. The van der Waals surface area contributed by atoms with E-state index in [0.29, 0.717) is 5.56 Å². The standard InChI is InChI=1S/C21H27N5O5S/c1-21(2)16(20(30)31)26-18(29)15(19(26)32-21)25-17(28)14(11-6-4-3-5-7-11)24-13(27)10-12-22-8-9-23-12/h3-7,12,14-16,19,22-23H,8-10H2,1-2H3,(H,24,27)(H,25,28)(H,30,31)/t14?,15-,16+,19-/m1/s1. The lowest BCUT2D eigenvalue weighted by molar-refractivity contribution is -0.161. The van der Waals surface area contributed by atoms with E-state index >= 15 is 0 Å². The molecule has 3 aliphatic heterocycles. The Balaban J connectivity index is 1.47. The lowest BCUT2D eigenvalue weighted by atomic mass is 9.95. The predicted molar refractivity (Wildman–Crippen MR) is 117 cm³/mol. The predicted octanol–water partition coefficient (Wildman–Crippen LogP) is -0.615. The number of hydrogen-bond acceptors (Lipinski definition) is 7. The van der Waals surface area contributed by atoms with Crippen LogP contribution >= 0.6 is 11.8 Å². The van der Waals surface area contributed by atoms with E-state index in [1.54, 1.807) is 38.1 Å². The van der Waals surface area contributed by atoms with Crippen LogP contribution in [0.2, 0.25) is 0 Å². The number of carboxylic acid groups (broad SMARTS) is 1. The van der Waals surface area contributed by atoms with Crippen LogP contribution in [0.4, 0.5) is 0 Å². The zero-order valence-electron chi connectivity index (χ0n) is 17.8. The second kappa shape index (κ2) is 8.72. The molecule has 172 valence electrons. The van der Waals surface area contributed by atoms with E-state index in [-0.39, 0.29) is 18.5 Å². The van der Waals surface area contributed by atoms with Crippen LogP contribution in [0.25, 0.3) is 0 Å². The number of aliphatic carboxylic acids is 1. The molecular weight excluding hydrogens is 434 g/mol. The van der Waals surface area contributed by atoms with Gasteiger partial charge in [-0.3, -0.25) is 14.4 Å². The quantitative estimate of drug-likeness (QED) is 0.339. The number of hydrogen-bond donors (Lipinski definition) is 5. The molecule has 1 unspecified atom stereocenters. The van der Waals surface area contributed by atoms with Crippen LogP contribution < -0.4 is 21.3 Å². The summed E-state index contributed by atoms with van der Waals surface area (Å²) in [6.45, 7) is 5.10. The van der Waals surface area contributed by atoms with Crippen LogP contribution in [0.5, 0.6) is 0 Å². The van der Waals surface area contributed by atoms with Crippen LogP contribution in [-0.4, -0.2) is 75.2 Å². The number of carbonyl (C=O) groups is 4. The number of thioether (sulfide) groups is 1. The summed E-state index contributed by atoms with van der Waals surface area (Å²) in [5, 5.41) is 20.9. The van der Waals surface area contributed by atoms with Gasteiger partial charge in [-0.2, -0.15) is 0 Å². The molecule has 3 fully saturated rings. The van der Waals surface area contributed by atoms with Gasteiger partial charge in [0.25, 0.3) is 0 Å². The molecule has 0 spiro atoms. The average molecular weight is 462 g/mol. The molecule has 1 aromatic carbocycles. The van der Waals surface area contributed by atoms with E-state index in [4.69, 9.17) is 0 Å². The van der Waals surface area contributed by atoms with Crippen molar-refractivity contribution in [3.63, 3.8) is 0 Å². The van der Waals surface area contributed by atoms with Crippen molar-refractivity contribution in [2.45, 2.75) is 54.7 Å². The van der Waals surface area contributed by atoms with Gasteiger partial charge in [-0.25, -0.2) is 4.79 Å². The molecule has 1 aromatic rings. The molecule has 0 radical (unpaired) electrons. The van der Waals surface area contributed by atoms with Crippen LogP contribution in [-0.2, 0) is 19.2 Å². The number of carbonyl (C=O) groups excluding carboxylic acids is 3. The number of β-lactam (4-membered cyclic amide) rings is 1. The van der Waals surface area contributed by atoms with E-state index in [9.17, 15) is 24.3 Å². The van der Waals surface area contributed by atoms with Crippen molar-refractivity contribution in [2.24, 2.45) is 0 Å². The topological polar surface area (TPSA) is 140 Å². The van der Waals surface area contributed by atoms with Crippen molar-refractivity contribution in [2.75, 3.05) is 13.1 Å². The summed E-state index contributed by atoms with van der Waals surface area (Å²) in [5.74, 6) is -2.30. The number of benzene rings is 1. The SMILES string of the molecule is CC1(C)S[C@@H]2[C@H](NC(=O)C(NC(=O)CC3NCCN3)c3ccccc3)C(=O)N2[C@H]1C(=O)O. The van der Waals surface area contributed by atoms with Gasteiger partial charge in [0, 0.05) is 17.8 Å². The van der Waals surface area contributed by atoms with Gasteiger partial charge in [0.15, 0.2) is 0 Å². The molecule has 3 amide bonds. The molecule has 0 aromatic heterocycles. The molecule has 4 rings (SSSR count). The van der Waals surface area contributed by atoms with E-state index < -0.39 is 46.0 Å². The molecule has 0 aliphatic carbocycles. The molecule has 3 heterocycles. The number of rotatable bonds is 7. The van der Waals surface area contributed by atoms with Gasteiger partial charge in [0.2, 0.25) is 17.7 Å². The summed E-state index contributed by atoms with van der Waals surface area (Å²) in [5.41, 5.74) is 0.595. The third-order valence-electron chi connectivity index (χ3n) is 5.97. The summed E-state index contributed by atoms with van der Waals surface area (Å²) in [6, 6.07) is 6.06. The number of carboxylic acids is 1. The summed E-state index contributed by atoms with van der Waals surface area (Å²) in [7, 11) is 0. The number of amides is 3. The molecule has 5 N–H and O–H groups in total. The Kier molecular flexibility index (Phi) is 6.15. The number of nitrogens with one attached hydrogen (secondary N) is 4. The fourth-order valence-electron chi connectivity index (χ4n) is 4.44. The first kappa shape index (κ1) is 22.6. The first-order valence-electron chi connectivity index (χ1n) is 10.5. The second-order valence-electron chi connectivity index (χ2n) is 8.66. The Morgan fingerprint density at radius 1 is 1.22 bits per heavy atom. The largest absolute Gasteiger partial charge is 0.480 e. The second-order valence-corrected chi connectivity index (χ2v) is 10.4. The Labute approximate surface area is 189 Å². The monoisotopic (exact) mass is 461 g/mol. The van der Waals surface area contributed by atoms with Gasteiger partial charge in [0.1, 0.15) is 23.5 Å². The van der Waals surface area contributed by atoms with E-state index in [1.165, 1.54) is 16.7 Å². The summed E-state index contributed by atoms with van der Waals surface area (Å²) in [6.07, 6.45) is 0.0148. The van der Waals surface area contributed by atoms with Gasteiger partial charge in [-0.05, 0) is 19.4 Å². The summed E-state index contributed by atoms with van der Waals surface area (Å²) in [4.78, 5) is 51.5. The molecular formula is C21H27N5O5S. The molecule has 0 bridgehead atoms. The highest BCUT2D eigenvalue weighted by Crippen LogP contribution is 2.50. The minimum absolute atomic E-state index is 0.152. The molecule has 10 nitrogen and oxygen atoms in total. The maximum atomic E-state index is 13.2. The first-order valence-corrected chi connectivity index (χ1v) is 11.4. The van der Waals surface area contributed by atoms with Crippen LogP contribution in [0.15, 0.2) is 30.3 Å². The van der Waals surface area contributed by atoms with E-state index in [0.717, 1.165) is 13.1 Å². The molecule has 4 atom stereocenters. The zero-order chi connectivity index (χ0) is 23.0. The molecule has 3 saturated heterocycles. The average Bonchev–Trinajstić information content (AvgIpc) is 3.34. The van der Waals surface area contributed by atoms with Gasteiger partial charge in [-0.1, -0.05) is 30.3 Å². The fraction of sp³-hybridized carbons (Fsp3) is 0.524. The fourth-order valence-corrected chi connectivity index (χ4v) is 6.07. The van der Waals surface area contributed by atoms with Crippen LogP contribution in [0.1, 0.15) is 31.9 Å². The maximum absolute atomic E-state index is 13.2. The Bertz CT molecular complexity index is 920. The van der Waals surface area contributed by atoms with Crippen molar-refractivity contribution in [3.05, 3.63) is 35.9 Å². The van der Waals surface area contributed by atoms with Gasteiger partial charge >= 0.3 is 5.97 Å².